The van der Waals surface area contributed by atoms with Crippen LogP contribution >= 0.6 is 0 Å². The second-order valence-electron chi connectivity index (χ2n) is 3.65. The first kappa shape index (κ1) is 14.8. The molecule has 0 aliphatic carbocycles. The van der Waals surface area contributed by atoms with Gasteiger partial charge in [-0.3, -0.25) is 0 Å². The van der Waals surface area contributed by atoms with Gasteiger partial charge < -0.3 is 2.85 Å². The molecule has 0 aromatic heterocycles. The summed E-state index contributed by atoms with van der Waals surface area (Å²) in [6.45, 7) is 2.26. The Labute approximate surface area is 132 Å². The number of hydrogen-bond acceptors (Lipinski definition) is 0. The Balaban J connectivity index is -0.000000563. The van der Waals surface area contributed by atoms with Gasteiger partial charge in [-0.2, -0.15) is 0 Å². The van der Waals surface area contributed by atoms with Gasteiger partial charge in [0.05, 0.1) is 0 Å². The summed E-state index contributed by atoms with van der Waals surface area (Å²) in [6.07, 6.45) is 8.14. The van der Waals surface area contributed by atoms with E-state index in [0.717, 1.165) is 0 Å². The van der Waals surface area contributed by atoms with E-state index < -0.39 is 0 Å². The van der Waals surface area contributed by atoms with Crippen LogP contribution in [0.5, 0.6) is 0 Å². The average Bonchev–Trinajstić information content (AvgIpc) is 2.19. The van der Waals surface area contributed by atoms with E-state index in [1.165, 1.54) is 44.1 Å². The van der Waals surface area contributed by atoms with Crippen molar-refractivity contribution in [3.63, 3.8) is 0 Å². The largest absolute Gasteiger partial charge is 2.00 e. The SMILES string of the molecule is CCCCCCCc1ccccc1.[Ba+2].[H-].[H-]. The van der Waals surface area contributed by atoms with Crippen molar-refractivity contribution in [2.75, 3.05) is 0 Å². The van der Waals surface area contributed by atoms with Gasteiger partial charge in [0.2, 0.25) is 0 Å². The molecule has 0 fully saturated rings. The molecule has 1 rings (SSSR count). The fourth-order valence-corrected chi connectivity index (χ4v) is 1.58. The number of unbranched alkanes of at least 4 members (excludes halogenated alkanes) is 4. The third kappa shape index (κ3) is 7.13. The first-order valence-electron chi connectivity index (χ1n) is 5.47. The molecule has 0 heterocycles. The average molecular weight is 316 g/mol. The zero-order valence-electron chi connectivity index (χ0n) is 11.3. The molecule has 0 N–H and O–H groups in total. The molecule has 0 amide bonds. The van der Waals surface area contributed by atoms with Crippen LogP contribution < -0.4 is 0 Å². The Morgan fingerprint density at radius 1 is 0.929 bits per heavy atom. The molecule has 1 heteroatoms. The summed E-state index contributed by atoms with van der Waals surface area (Å²) in [5.74, 6) is 0. The predicted molar refractivity (Wildman–Crippen MR) is 66.9 cm³/mol. The Hall–Kier alpha value is 0.791. The van der Waals surface area contributed by atoms with Gasteiger partial charge in [-0.15, -0.1) is 0 Å². The number of benzene rings is 1. The summed E-state index contributed by atoms with van der Waals surface area (Å²) >= 11 is 0. The summed E-state index contributed by atoms with van der Waals surface area (Å²) in [5.41, 5.74) is 1.49. The molecule has 76 valence electrons. The van der Waals surface area contributed by atoms with Crippen LogP contribution in [-0.4, -0.2) is 48.9 Å². The zero-order valence-corrected chi connectivity index (χ0v) is 13.8. The van der Waals surface area contributed by atoms with Crippen LogP contribution in [0.15, 0.2) is 30.3 Å². The summed E-state index contributed by atoms with van der Waals surface area (Å²) in [7, 11) is 0. The van der Waals surface area contributed by atoms with E-state index in [4.69, 9.17) is 0 Å². The van der Waals surface area contributed by atoms with Gasteiger partial charge in [0.1, 0.15) is 0 Å². The Morgan fingerprint density at radius 2 is 1.57 bits per heavy atom. The minimum atomic E-state index is 0. The third-order valence-corrected chi connectivity index (χ3v) is 2.41. The van der Waals surface area contributed by atoms with Crippen LogP contribution in [0.25, 0.3) is 0 Å². The molecule has 0 atom stereocenters. The van der Waals surface area contributed by atoms with Crippen LogP contribution in [0.2, 0.25) is 0 Å². The van der Waals surface area contributed by atoms with Crippen molar-refractivity contribution in [3.05, 3.63) is 35.9 Å². The molecule has 14 heavy (non-hydrogen) atoms. The maximum Gasteiger partial charge on any atom is 2.00 e. The van der Waals surface area contributed by atoms with Gasteiger partial charge in [-0.05, 0) is 18.4 Å². The van der Waals surface area contributed by atoms with Gasteiger partial charge in [-0.25, -0.2) is 0 Å². The molecule has 0 aliphatic heterocycles. The minimum Gasteiger partial charge on any atom is -1.00 e. The van der Waals surface area contributed by atoms with E-state index in [9.17, 15) is 0 Å². The van der Waals surface area contributed by atoms with E-state index in [2.05, 4.69) is 37.3 Å². The van der Waals surface area contributed by atoms with Crippen molar-refractivity contribution < 1.29 is 2.85 Å². The van der Waals surface area contributed by atoms with Crippen molar-refractivity contribution in [1.82, 2.24) is 0 Å². The third-order valence-electron chi connectivity index (χ3n) is 2.41. The maximum atomic E-state index is 2.26. The zero-order chi connectivity index (χ0) is 9.36. The molecule has 0 nitrogen and oxygen atoms in total. The van der Waals surface area contributed by atoms with E-state index in [-0.39, 0.29) is 51.7 Å². The molecule has 0 radical (unpaired) electrons. The topological polar surface area (TPSA) is 0 Å². The first-order valence-corrected chi connectivity index (χ1v) is 5.47. The summed E-state index contributed by atoms with van der Waals surface area (Å²) in [5, 5.41) is 0. The van der Waals surface area contributed by atoms with Gasteiger partial charge in [0.15, 0.2) is 0 Å². The number of rotatable bonds is 6. The van der Waals surface area contributed by atoms with Gasteiger partial charge in [0, 0.05) is 0 Å². The molecule has 1 aromatic carbocycles. The second kappa shape index (κ2) is 10.3. The molecule has 0 unspecified atom stereocenters. The summed E-state index contributed by atoms with van der Waals surface area (Å²) < 4.78 is 0. The van der Waals surface area contributed by atoms with Crippen molar-refractivity contribution >= 4 is 48.9 Å². The molecule has 0 bridgehead atoms. The minimum absolute atomic E-state index is 0. The molecule has 0 saturated carbocycles. The van der Waals surface area contributed by atoms with Gasteiger partial charge in [0.25, 0.3) is 0 Å². The summed E-state index contributed by atoms with van der Waals surface area (Å²) in [4.78, 5) is 0. The standard InChI is InChI=1S/C13H20.Ba.2H/c1-2-3-4-5-7-10-13-11-8-6-9-12-13;;;/h6,8-9,11-12H,2-5,7,10H2,1H3;;;/q;+2;2*-1. The van der Waals surface area contributed by atoms with Crippen LogP contribution in [0.4, 0.5) is 0 Å². The van der Waals surface area contributed by atoms with Crippen LogP contribution in [-0.2, 0) is 6.42 Å². The number of hydrogen-bond donors (Lipinski definition) is 0. The second-order valence-corrected chi connectivity index (χ2v) is 3.65. The number of aryl methyl sites for hydroxylation is 1. The fourth-order valence-electron chi connectivity index (χ4n) is 1.58. The van der Waals surface area contributed by atoms with Gasteiger partial charge >= 0.3 is 48.9 Å². The normalized spacial score (nSPS) is 9.50. The van der Waals surface area contributed by atoms with E-state index >= 15 is 0 Å². The molecule has 0 saturated heterocycles. The van der Waals surface area contributed by atoms with Crippen molar-refractivity contribution in [2.24, 2.45) is 0 Å². The van der Waals surface area contributed by atoms with Crippen LogP contribution in [0, 0.1) is 0 Å². The first-order chi connectivity index (χ1) is 6.43. The smallest absolute Gasteiger partial charge is 1.00 e. The van der Waals surface area contributed by atoms with Crippen molar-refractivity contribution in [1.29, 1.82) is 0 Å². The maximum absolute atomic E-state index is 2.26. The van der Waals surface area contributed by atoms with Crippen molar-refractivity contribution in [3.8, 4) is 0 Å². The van der Waals surface area contributed by atoms with E-state index in [1.807, 2.05) is 0 Å². The van der Waals surface area contributed by atoms with Gasteiger partial charge in [-0.1, -0.05) is 62.9 Å². The van der Waals surface area contributed by atoms with Crippen molar-refractivity contribution in [2.45, 2.75) is 45.4 Å². The summed E-state index contributed by atoms with van der Waals surface area (Å²) in [6, 6.07) is 10.8. The molecular formula is C13H22Ba. The fraction of sp³-hybridized carbons (Fsp3) is 0.538. The Morgan fingerprint density at radius 3 is 2.21 bits per heavy atom. The Kier molecular flexibility index (Phi) is 10.9. The molecule has 0 spiro atoms. The van der Waals surface area contributed by atoms with E-state index in [1.54, 1.807) is 0 Å². The quantitative estimate of drug-likeness (QED) is 0.549. The molecular weight excluding hydrogens is 293 g/mol. The Bertz CT molecular complexity index is 214. The monoisotopic (exact) mass is 316 g/mol. The molecule has 1 aromatic rings. The molecule has 0 aliphatic rings. The van der Waals surface area contributed by atoms with Crippen LogP contribution in [0.1, 0.15) is 47.4 Å². The van der Waals surface area contributed by atoms with Crippen LogP contribution in [0.3, 0.4) is 0 Å². The predicted octanol–water partition coefficient (Wildman–Crippen LogP) is 4.04. The van der Waals surface area contributed by atoms with E-state index in [0.29, 0.717) is 0 Å².